The maximum absolute atomic E-state index is 9.92. The number of hydrogen-bond donors (Lipinski definition) is 1. The molecule has 2 aromatic rings. The van der Waals surface area contributed by atoms with Gasteiger partial charge in [-0.1, -0.05) is 42.8 Å². The van der Waals surface area contributed by atoms with E-state index in [4.69, 9.17) is 4.52 Å². The van der Waals surface area contributed by atoms with Crippen molar-refractivity contribution in [2.75, 3.05) is 0 Å². The quantitative estimate of drug-likeness (QED) is 0.891. The summed E-state index contributed by atoms with van der Waals surface area (Å²) < 4.78 is 5.17. The van der Waals surface area contributed by atoms with Gasteiger partial charge in [-0.15, -0.1) is 0 Å². The van der Waals surface area contributed by atoms with Crippen LogP contribution < -0.4 is 0 Å². The normalized spacial score (nSPS) is 12.7. The summed E-state index contributed by atoms with van der Waals surface area (Å²) in [6, 6.07) is 7.98. The smallest absolute Gasteiger partial charge is 0.141 e. The summed E-state index contributed by atoms with van der Waals surface area (Å²) in [5.41, 5.74) is 3.99. The molecule has 0 aliphatic heterocycles. The Kier molecular flexibility index (Phi) is 3.82. The van der Waals surface area contributed by atoms with Crippen LogP contribution in [0.3, 0.4) is 0 Å². The molecule has 0 amide bonds. The number of rotatable bonds is 4. The second-order valence-corrected chi connectivity index (χ2v) is 4.63. The van der Waals surface area contributed by atoms with Crippen molar-refractivity contribution >= 4 is 0 Å². The SMILES string of the molecule is CCCC(O)c1ccc(-c2c(C)noc2C)cc1. The monoisotopic (exact) mass is 245 g/mol. The van der Waals surface area contributed by atoms with Gasteiger partial charge >= 0.3 is 0 Å². The van der Waals surface area contributed by atoms with Gasteiger partial charge in [0, 0.05) is 5.56 Å². The van der Waals surface area contributed by atoms with Gasteiger partial charge in [-0.25, -0.2) is 0 Å². The molecule has 0 aliphatic rings. The highest BCUT2D eigenvalue weighted by molar-refractivity contribution is 5.67. The lowest BCUT2D eigenvalue weighted by Gasteiger charge is -2.10. The minimum absolute atomic E-state index is 0.367. The van der Waals surface area contributed by atoms with Crippen molar-refractivity contribution < 1.29 is 9.63 Å². The average Bonchev–Trinajstić information content (AvgIpc) is 2.70. The molecule has 1 aromatic heterocycles. The zero-order valence-electron chi connectivity index (χ0n) is 11.1. The van der Waals surface area contributed by atoms with E-state index in [0.29, 0.717) is 0 Å². The summed E-state index contributed by atoms with van der Waals surface area (Å²) in [5, 5.41) is 13.9. The van der Waals surface area contributed by atoms with Crippen LogP contribution in [0.1, 0.15) is 42.9 Å². The van der Waals surface area contributed by atoms with Crippen molar-refractivity contribution in [1.29, 1.82) is 0 Å². The van der Waals surface area contributed by atoms with Gasteiger partial charge in [0.25, 0.3) is 0 Å². The average molecular weight is 245 g/mol. The van der Waals surface area contributed by atoms with Crippen LogP contribution in [0.5, 0.6) is 0 Å². The molecule has 0 fully saturated rings. The summed E-state index contributed by atoms with van der Waals surface area (Å²) in [6.07, 6.45) is 1.41. The van der Waals surface area contributed by atoms with Crippen LogP contribution in [0.4, 0.5) is 0 Å². The molecule has 1 unspecified atom stereocenters. The van der Waals surface area contributed by atoms with Crippen molar-refractivity contribution in [2.45, 2.75) is 39.7 Å². The van der Waals surface area contributed by atoms with E-state index in [2.05, 4.69) is 12.1 Å². The second-order valence-electron chi connectivity index (χ2n) is 4.63. The molecule has 1 atom stereocenters. The lowest BCUT2D eigenvalue weighted by atomic mass is 9.99. The Morgan fingerprint density at radius 1 is 1.22 bits per heavy atom. The third-order valence-corrected chi connectivity index (χ3v) is 3.18. The van der Waals surface area contributed by atoms with E-state index in [0.717, 1.165) is 41.0 Å². The largest absolute Gasteiger partial charge is 0.388 e. The number of benzene rings is 1. The molecule has 2 rings (SSSR count). The maximum Gasteiger partial charge on any atom is 0.141 e. The van der Waals surface area contributed by atoms with Gasteiger partial charge in [-0.2, -0.15) is 0 Å². The molecular formula is C15H19NO2. The third-order valence-electron chi connectivity index (χ3n) is 3.18. The Hall–Kier alpha value is -1.61. The van der Waals surface area contributed by atoms with Crippen molar-refractivity contribution in [1.82, 2.24) is 5.16 Å². The Balaban J connectivity index is 2.28. The van der Waals surface area contributed by atoms with Gasteiger partial charge in [0.1, 0.15) is 5.76 Å². The predicted molar refractivity (Wildman–Crippen MR) is 71.3 cm³/mol. The van der Waals surface area contributed by atoms with E-state index in [-0.39, 0.29) is 6.10 Å². The first-order valence-electron chi connectivity index (χ1n) is 6.34. The molecule has 18 heavy (non-hydrogen) atoms. The van der Waals surface area contributed by atoms with Crippen molar-refractivity contribution in [2.24, 2.45) is 0 Å². The molecule has 1 N–H and O–H groups in total. The van der Waals surface area contributed by atoms with E-state index >= 15 is 0 Å². The Morgan fingerprint density at radius 3 is 2.39 bits per heavy atom. The van der Waals surface area contributed by atoms with Gasteiger partial charge < -0.3 is 9.63 Å². The third kappa shape index (κ3) is 2.46. The van der Waals surface area contributed by atoms with E-state index in [1.54, 1.807) is 0 Å². The number of aromatic nitrogens is 1. The highest BCUT2D eigenvalue weighted by Gasteiger charge is 2.12. The number of hydrogen-bond acceptors (Lipinski definition) is 3. The highest BCUT2D eigenvalue weighted by atomic mass is 16.5. The molecule has 3 nitrogen and oxygen atoms in total. The van der Waals surface area contributed by atoms with Crippen LogP contribution in [0.2, 0.25) is 0 Å². The van der Waals surface area contributed by atoms with Crippen LogP contribution in [-0.4, -0.2) is 10.3 Å². The molecule has 0 radical (unpaired) electrons. The van der Waals surface area contributed by atoms with Crippen LogP contribution in [-0.2, 0) is 0 Å². The minimum Gasteiger partial charge on any atom is -0.388 e. The number of aryl methyl sites for hydroxylation is 2. The molecule has 0 bridgehead atoms. The van der Waals surface area contributed by atoms with Gasteiger partial charge in [-0.05, 0) is 31.4 Å². The van der Waals surface area contributed by atoms with Gasteiger partial charge in [-0.3, -0.25) is 0 Å². The van der Waals surface area contributed by atoms with Crippen molar-refractivity contribution in [3.63, 3.8) is 0 Å². The number of aliphatic hydroxyl groups is 1. The summed E-state index contributed by atoms with van der Waals surface area (Å²) in [7, 11) is 0. The molecule has 1 heterocycles. The molecule has 96 valence electrons. The minimum atomic E-state index is -0.367. The van der Waals surface area contributed by atoms with Crippen molar-refractivity contribution in [3.05, 3.63) is 41.3 Å². The maximum atomic E-state index is 9.92. The second kappa shape index (κ2) is 5.36. The Morgan fingerprint density at radius 2 is 1.89 bits per heavy atom. The fourth-order valence-corrected chi connectivity index (χ4v) is 2.21. The van der Waals surface area contributed by atoms with Gasteiger partial charge in [0.15, 0.2) is 0 Å². The Bertz CT molecular complexity index is 494. The fraction of sp³-hybridized carbons (Fsp3) is 0.400. The lowest BCUT2D eigenvalue weighted by molar-refractivity contribution is 0.166. The van der Waals surface area contributed by atoms with Crippen LogP contribution in [0.15, 0.2) is 28.8 Å². The first kappa shape index (κ1) is 12.8. The fourth-order valence-electron chi connectivity index (χ4n) is 2.21. The van der Waals surface area contributed by atoms with Gasteiger partial charge in [0.2, 0.25) is 0 Å². The van der Waals surface area contributed by atoms with E-state index in [1.807, 2.05) is 38.1 Å². The number of nitrogens with zero attached hydrogens (tertiary/aromatic N) is 1. The van der Waals surface area contributed by atoms with Crippen LogP contribution in [0.25, 0.3) is 11.1 Å². The predicted octanol–water partition coefficient (Wildman–Crippen LogP) is 3.79. The molecular weight excluding hydrogens is 226 g/mol. The summed E-state index contributed by atoms with van der Waals surface area (Å²) in [6.45, 7) is 5.92. The zero-order chi connectivity index (χ0) is 13.1. The zero-order valence-corrected chi connectivity index (χ0v) is 11.1. The first-order valence-corrected chi connectivity index (χ1v) is 6.34. The van der Waals surface area contributed by atoms with E-state index in [1.165, 1.54) is 0 Å². The van der Waals surface area contributed by atoms with Crippen LogP contribution in [0, 0.1) is 13.8 Å². The van der Waals surface area contributed by atoms with E-state index in [9.17, 15) is 5.11 Å². The molecule has 0 saturated carbocycles. The standard InChI is InChI=1S/C15H19NO2/c1-4-5-14(17)12-6-8-13(9-7-12)15-10(2)16-18-11(15)3/h6-9,14,17H,4-5H2,1-3H3. The molecule has 0 spiro atoms. The summed E-state index contributed by atoms with van der Waals surface area (Å²) in [5.74, 6) is 0.828. The van der Waals surface area contributed by atoms with Gasteiger partial charge in [0.05, 0.1) is 11.8 Å². The van der Waals surface area contributed by atoms with Crippen LogP contribution >= 0.6 is 0 Å². The van der Waals surface area contributed by atoms with E-state index < -0.39 is 0 Å². The molecule has 3 heteroatoms. The summed E-state index contributed by atoms with van der Waals surface area (Å²) >= 11 is 0. The molecule has 1 aromatic carbocycles. The lowest BCUT2D eigenvalue weighted by Crippen LogP contribution is -1.96. The van der Waals surface area contributed by atoms with Crippen molar-refractivity contribution in [3.8, 4) is 11.1 Å². The molecule has 0 aliphatic carbocycles. The summed E-state index contributed by atoms with van der Waals surface area (Å²) in [4.78, 5) is 0. The first-order chi connectivity index (χ1) is 8.63. The highest BCUT2D eigenvalue weighted by Crippen LogP contribution is 2.28. The molecule has 0 saturated heterocycles. The topological polar surface area (TPSA) is 46.3 Å². The Labute approximate surface area is 107 Å². The number of aliphatic hydroxyl groups excluding tert-OH is 1.